The third-order valence-electron chi connectivity index (χ3n) is 2.70. The van der Waals surface area contributed by atoms with Crippen LogP contribution in [0.5, 0.6) is 5.75 Å². The van der Waals surface area contributed by atoms with E-state index in [1.54, 1.807) is 0 Å². The molecule has 3 N–H and O–H groups in total. The van der Waals surface area contributed by atoms with Gasteiger partial charge in [-0.25, -0.2) is 4.79 Å². The molecule has 1 amide bonds. The van der Waals surface area contributed by atoms with Gasteiger partial charge >= 0.3 is 6.09 Å². The van der Waals surface area contributed by atoms with Crippen LogP contribution in [-0.4, -0.2) is 30.3 Å². The van der Waals surface area contributed by atoms with Crippen LogP contribution in [-0.2, 0) is 4.74 Å². The topological polar surface area (TPSA) is 117 Å². The Hall–Kier alpha value is -2.35. The zero-order chi connectivity index (χ0) is 13.8. The van der Waals surface area contributed by atoms with Crippen LogP contribution in [0.25, 0.3) is 0 Å². The number of nitrogens with zero attached hydrogens (tertiary/aromatic N) is 1. The maximum Gasteiger partial charge on any atom is 0.409 e. The zero-order valence-corrected chi connectivity index (χ0v) is 10.00. The van der Waals surface area contributed by atoms with E-state index in [1.165, 1.54) is 12.1 Å². The number of carbonyl (C=O) groups excluding carboxylic acids is 1. The van der Waals surface area contributed by atoms with Crippen molar-refractivity contribution >= 4 is 17.5 Å². The lowest BCUT2D eigenvalue weighted by atomic mass is 10.2. The van der Waals surface area contributed by atoms with Gasteiger partial charge in [0.05, 0.1) is 17.1 Å². The molecule has 1 unspecified atom stereocenters. The number of primary amides is 1. The summed E-state index contributed by atoms with van der Waals surface area (Å²) in [5, 5.41) is 13.9. The Labute approximate surface area is 108 Å². The Kier molecular flexibility index (Phi) is 3.81. The maximum absolute atomic E-state index is 11.0. The molecule has 1 aromatic rings. The van der Waals surface area contributed by atoms with Gasteiger partial charge in [-0.05, 0) is 18.6 Å². The van der Waals surface area contributed by atoms with Crippen molar-refractivity contribution in [3.63, 3.8) is 0 Å². The van der Waals surface area contributed by atoms with Gasteiger partial charge in [-0.2, -0.15) is 0 Å². The first-order valence-corrected chi connectivity index (χ1v) is 5.67. The normalized spacial score (nSPS) is 17.4. The average Bonchev–Trinajstić information content (AvgIpc) is 2.27. The monoisotopic (exact) mass is 267 g/mol. The Morgan fingerprint density at radius 1 is 1.63 bits per heavy atom. The summed E-state index contributed by atoms with van der Waals surface area (Å²) in [4.78, 5) is 21.0. The molecule has 1 aliphatic rings. The molecule has 0 spiro atoms. The van der Waals surface area contributed by atoms with Gasteiger partial charge < -0.3 is 20.5 Å². The SMILES string of the molecule is NC(=O)Oc1ccc(NCC2CCO2)c([N+](=O)[O-])c1. The lowest BCUT2D eigenvalue weighted by molar-refractivity contribution is -0.384. The van der Waals surface area contributed by atoms with E-state index >= 15 is 0 Å². The molecule has 8 nitrogen and oxygen atoms in total. The van der Waals surface area contributed by atoms with Crippen molar-refractivity contribution in [2.24, 2.45) is 5.73 Å². The summed E-state index contributed by atoms with van der Waals surface area (Å²) in [6.45, 7) is 1.22. The molecule has 1 heterocycles. The van der Waals surface area contributed by atoms with Crippen LogP contribution >= 0.6 is 0 Å². The Balaban J connectivity index is 2.11. The minimum Gasteiger partial charge on any atom is -0.410 e. The number of nitrogens with two attached hydrogens (primary N) is 1. The van der Waals surface area contributed by atoms with Gasteiger partial charge in [0.1, 0.15) is 11.4 Å². The summed E-state index contributed by atoms with van der Waals surface area (Å²) in [5.74, 6) is 0.0321. The van der Waals surface area contributed by atoms with Crippen molar-refractivity contribution in [3.8, 4) is 5.75 Å². The fraction of sp³-hybridized carbons (Fsp3) is 0.364. The number of carbonyl (C=O) groups is 1. The van der Waals surface area contributed by atoms with Crippen LogP contribution < -0.4 is 15.8 Å². The largest absolute Gasteiger partial charge is 0.410 e. The highest BCUT2D eigenvalue weighted by Gasteiger charge is 2.20. The number of anilines is 1. The van der Waals surface area contributed by atoms with E-state index in [-0.39, 0.29) is 17.5 Å². The standard InChI is InChI=1S/C11H13N3O5/c12-11(15)19-7-1-2-9(10(5-7)14(16)17)13-6-8-3-4-18-8/h1-2,5,8,13H,3-4,6H2,(H2,12,15). The van der Waals surface area contributed by atoms with E-state index in [2.05, 4.69) is 10.1 Å². The summed E-state index contributed by atoms with van der Waals surface area (Å²) < 4.78 is 9.81. The number of nitrogens with one attached hydrogen (secondary N) is 1. The molecule has 102 valence electrons. The van der Waals surface area contributed by atoms with Crippen molar-refractivity contribution in [1.82, 2.24) is 0 Å². The number of ether oxygens (including phenoxy) is 2. The van der Waals surface area contributed by atoms with E-state index in [1.807, 2.05) is 0 Å². The lowest BCUT2D eigenvalue weighted by Gasteiger charge is -2.26. The van der Waals surface area contributed by atoms with Crippen LogP contribution in [0.15, 0.2) is 18.2 Å². The first-order chi connectivity index (χ1) is 9.06. The molecule has 1 aliphatic heterocycles. The smallest absolute Gasteiger partial charge is 0.409 e. The van der Waals surface area contributed by atoms with E-state index < -0.39 is 11.0 Å². The summed E-state index contributed by atoms with van der Waals surface area (Å²) in [6, 6.07) is 4.05. The molecular weight excluding hydrogens is 254 g/mol. The highest BCUT2D eigenvalue weighted by Crippen LogP contribution is 2.29. The molecule has 1 saturated heterocycles. The molecule has 1 fully saturated rings. The number of hydrogen-bond acceptors (Lipinski definition) is 6. The van der Waals surface area contributed by atoms with Crippen molar-refractivity contribution in [3.05, 3.63) is 28.3 Å². The van der Waals surface area contributed by atoms with Gasteiger partial charge in [-0.3, -0.25) is 10.1 Å². The van der Waals surface area contributed by atoms with E-state index in [4.69, 9.17) is 10.5 Å². The zero-order valence-electron chi connectivity index (χ0n) is 10.00. The third-order valence-corrected chi connectivity index (χ3v) is 2.70. The number of hydrogen-bond donors (Lipinski definition) is 2. The second-order valence-electron chi connectivity index (χ2n) is 4.02. The van der Waals surface area contributed by atoms with Gasteiger partial charge in [0.25, 0.3) is 5.69 Å². The molecular formula is C11H13N3O5. The first-order valence-electron chi connectivity index (χ1n) is 5.67. The molecule has 0 aromatic heterocycles. The molecule has 1 aromatic carbocycles. The molecule has 1 atom stereocenters. The molecule has 0 bridgehead atoms. The van der Waals surface area contributed by atoms with Crippen molar-refractivity contribution in [2.45, 2.75) is 12.5 Å². The summed E-state index contributed by atoms with van der Waals surface area (Å²) in [6.07, 6.45) is 0.00274. The van der Waals surface area contributed by atoms with Crippen molar-refractivity contribution < 1.29 is 19.2 Å². The van der Waals surface area contributed by atoms with Gasteiger partial charge in [-0.15, -0.1) is 0 Å². The van der Waals surface area contributed by atoms with Crippen LogP contribution in [0, 0.1) is 10.1 Å². The number of nitro groups is 1. The number of nitro benzene ring substituents is 1. The summed E-state index contributed by atoms with van der Waals surface area (Å²) in [7, 11) is 0. The van der Waals surface area contributed by atoms with Crippen LogP contribution in [0.4, 0.5) is 16.2 Å². The van der Waals surface area contributed by atoms with Gasteiger partial charge in [0.2, 0.25) is 0 Å². The molecule has 0 saturated carbocycles. The number of benzene rings is 1. The predicted molar refractivity (Wildman–Crippen MR) is 66.2 cm³/mol. The van der Waals surface area contributed by atoms with Crippen LogP contribution in [0.3, 0.4) is 0 Å². The second-order valence-corrected chi connectivity index (χ2v) is 4.02. The van der Waals surface area contributed by atoms with Gasteiger partial charge in [0.15, 0.2) is 0 Å². The fourth-order valence-corrected chi connectivity index (χ4v) is 1.66. The Morgan fingerprint density at radius 3 is 2.89 bits per heavy atom. The molecule has 19 heavy (non-hydrogen) atoms. The highest BCUT2D eigenvalue weighted by molar-refractivity contribution is 5.70. The van der Waals surface area contributed by atoms with Crippen LogP contribution in [0.2, 0.25) is 0 Å². The van der Waals surface area contributed by atoms with E-state index in [0.29, 0.717) is 12.2 Å². The first kappa shape index (κ1) is 13.1. The van der Waals surface area contributed by atoms with E-state index in [9.17, 15) is 14.9 Å². The number of rotatable bonds is 5. The molecule has 0 aliphatic carbocycles. The van der Waals surface area contributed by atoms with Gasteiger partial charge in [-0.1, -0.05) is 0 Å². The summed E-state index contributed by atoms with van der Waals surface area (Å²) >= 11 is 0. The van der Waals surface area contributed by atoms with Gasteiger partial charge in [0, 0.05) is 13.2 Å². The predicted octanol–water partition coefficient (Wildman–Crippen LogP) is 1.25. The minimum atomic E-state index is -1.02. The fourth-order valence-electron chi connectivity index (χ4n) is 1.66. The summed E-state index contributed by atoms with van der Waals surface area (Å²) in [5.41, 5.74) is 5.01. The van der Waals surface area contributed by atoms with E-state index in [0.717, 1.165) is 19.1 Å². The quantitative estimate of drug-likeness (QED) is 0.612. The minimum absolute atomic E-state index is 0.0321. The second kappa shape index (κ2) is 5.53. The highest BCUT2D eigenvalue weighted by atomic mass is 16.6. The van der Waals surface area contributed by atoms with Crippen molar-refractivity contribution in [2.75, 3.05) is 18.5 Å². The maximum atomic E-state index is 11.0. The lowest BCUT2D eigenvalue weighted by Crippen LogP contribution is -2.33. The molecule has 0 radical (unpaired) electrons. The van der Waals surface area contributed by atoms with Crippen LogP contribution in [0.1, 0.15) is 6.42 Å². The Bertz CT molecular complexity index is 501. The molecule has 8 heteroatoms. The number of amides is 1. The average molecular weight is 267 g/mol. The third kappa shape index (κ3) is 3.32. The van der Waals surface area contributed by atoms with Crippen molar-refractivity contribution in [1.29, 1.82) is 0 Å². The Morgan fingerprint density at radius 2 is 2.37 bits per heavy atom. The molecule has 2 rings (SSSR count).